The molecule has 1 aromatic heterocycles. The summed E-state index contributed by atoms with van der Waals surface area (Å²) in [6.07, 6.45) is 0. The van der Waals surface area contributed by atoms with Crippen LogP contribution in [0.1, 0.15) is 20.9 Å². The fourth-order valence-electron chi connectivity index (χ4n) is 2.25. The number of phenolic OH excluding ortho intramolecular Hbond substituents is 2. The summed E-state index contributed by atoms with van der Waals surface area (Å²) in [5, 5.41) is 24.4. The molecule has 3 rings (SSSR count). The number of nitrogens with zero attached hydrogens (tertiary/aromatic N) is 1. The lowest BCUT2D eigenvalue weighted by atomic mass is 10.1. The van der Waals surface area contributed by atoms with Crippen LogP contribution in [0.3, 0.4) is 0 Å². The Labute approximate surface area is 143 Å². The van der Waals surface area contributed by atoms with E-state index < -0.39 is 0 Å². The van der Waals surface area contributed by atoms with E-state index in [1.807, 2.05) is 30.5 Å². The fourth-order valence-corrected chi connectivity index (χ4v) is 2.99. The van der Waals surface area contributed by atoms with Crippen LogP contribution in [-0.4, -0.2) is 21.1 Å². The van der Waals surface area contributed by atoms with Gasteiger partial charge in [-0.25, -0.2) is 4.98 Å². The van der Waals surface area contributed by atoms with Crippen LogP contribution < -0.4 is 5.32 Å². The van der Waals surface area contributed by atoms with Gasteiger partial charge >= 0.3 is 0 Å². The largest absolute Gasteiger partial charge is 0.504 e. The van der Waals surface area contributed by atoms with Crippen molar-refractivity contribution in [3.63, 3.8) is 0 Å². The minimum absolute atomic E-state index is 0.141. The number of amides is 1. The van der Waals surface area contributed by atoms with E-state index in [1.54, 1.807) is 12.1 Å². The average molecular weight is 340 g/mol. The lowest BCUT2D eigenvalue weighted by Crippen LogP contribution is -2.22. The van der Waals surface area contributed by atoms with Gasteiger partial charge in [0.2, 0.25) is 0 Å². The highest BCUT2D eigenvalue weighted by atomic mass is 32.1. The molecule has 24 heavy (non-hydrogen) atoms. The molecule has 0 spiro atoms. The number of thiazole rings is 1. The summed E-state index contributed by atoms with van der Waals surface area (Å²) in [5.41, 5.74) is 3.05. The van der Waals surface area contributed by atoms with Gasteiger partial charge in [0.1, 0.15) is 5.01 Å². The molecule has 0 radical (unpaired) electrons. The Morgan fingerprint density at radius 2 is 2.00 bits per heavy atom. The molecule has 0 bridgehead atoms. The number of hydrogen-bond acceptors (Lipinski definition) is 5. The number of aromatic hydroxyl groups is 2. The molecule has 0 aliphatic rings. The summed E-state index contributed by atoms with van der Waals surface area (Å²) in [4.78, 5) is 16.6. The van der Waals surface area contributed by atoms with Crippen molar-refractivity contribution in [2.75, 3.05) is 0 Å². The van der Waals surface area contributed by atoms with Crippen molar-refractivity contribution < 1.29 is 15.0 Å². The summed E-state index contributed by atoms with van der Waals surface area (Å²) in [7, 11) is 0. The molecule has 0 saturated heterocycles. The molecule has 2 aromatic carbocycles. The molecule has 0 saturated carbocycles. The fraction of sp³-hybridized carbons (Fsp3) is 0.111. The van der Waals surface area contributed by atoms with Gasteiger partial charge < -0.3 is 15.5 Å². The van der Waals surface area contributed by atoms with Crippen LogP contribution in [0.2, 0.25) is 0 Å². The van der Waals surface area contributed by atoms with Gasteiger partial charge in [0, 0.05) is 16.5 Å². The number of rotatable bonds is 4. The van der Waals surface area contributed by atoms with Gasteiger partial charge in [-0.15, -0.1) is 11.3 Å². The zero-order chi connectivity index (χ0) is 17.1. The van der Waals surface area contributed by atoms with E-state index in [0.717, 1.165) is 10.6 Å². The maximum Gasteiger partial charge on any atom is 0.251 e. The van der Waals surface area contributed by atoms with Crippen molar-refractivity contribution in [1.29, 1.82) is 0 Å². The van der Waals surface area contributed by atoms with Gasteiger partial charge in [-0.3, -0.25) is 4.79 Å². The van der Waals surface area contributed by atoms with E-state index in [9.17, 15) is 15.0 Å². The molecule has 3 N–H and O–H groups in total. The predicted molar refractivity (Wildman–Crippen MR) is 93.2 cm³/mol. The van der Waals surface area contributed by atoms with Crippen molar-refractivity contribution in [3.8, 4) is 22.8 Å². The number of aryl methyl sites for hydroxylation is 1. The van der Waals surface area contributed by atoms with Gasteiger partial charge in [0.25, 0.3) is 5.91 Å². The first kappa shape index (κ1) is 16.0. The second-order valence-electron chi connectivity index (χ2n) is 5.38. The molecule has 3 aromatic rings. The number of phenols is 2. The van der Waals surface area contributed by atoms with Crippen LogP contribution in [0.4, 0.5) is 0 Å². The van der Waals surface area contributed by atoms with Crippen LogP contribution in [0, 0.1) is 6.92 Å². The quantitative estimate of drug-likeness (QED) is 0.635. The van der Waals surface area contributed by atoms with Crippen LogP contribution >= 0.6 is 11.3 Å². The number of nitrogens with one attached hydrogen (secondary N) is 1. The Hall–Kier alpha value is -2.86. The molecule has 0 fully saturated rings. The van der Waals surface area contributed by atoms with Gasteiger partial charge in [0.05, 0.1) is 12.2 Å². The number of carbonyl (C=O) groups is 1. The standard InChI is InChI=1S/C18H16N2O3S/c1-11-3-2-4-13(7-11)18(23)19-9-17-20-14(10-24-17)12-5-6-15(21)16(22)8-12/h2-8,10,21-22H,9H2,1H3,(H,19,23). The second kappa shape index (κ2) is 6.72. The molecule has 0 atom stereocenters. The molecular formula is C18H16N2O3S. The summed E-state index contributed by atoms with van der Waals surface area (Å²) < 4.78 is 0. The summed E-state index contributed by atoms with van der Waals surface area (Å²) in [5.74, 6) is -0.493. The lowest BCUT2D eigenvalue weighted by molar-refractivity contribution is 0.0951. The highest BCUT2D eigenvalue weighted by Crippen LogP contribution is 2.30. The highest BCUT2D eigenvalue weighted by Gasteiger charge is 2.10. The maximum atomic E-state index is 12.1. The average Bonchev–Trinajstić information content (AvgIpc) is 3.04. The Morgan fingerprint density at radius 3 is 2.75 bits per heavy atom. The molecule has 6 heteroatoms. The molecule has 0 aliphatic carbocycles. The van der Waals surface area contributed by atoms with Gasteiger partial charge in [-0.2, -0.15) is 0 Å². The van der Waals surface area contributed by atoms with E-state index in [4.69, 9.17) is 0 Å². The first-order chi connectivity index (χ1) is 11.5. The van der Waals surface area contributed by atoms with Crippen molar-refractivity contribution in [3.05, 3.63) is 64.0 Å². The van der Waals surface area contributed by atoms with E-state index in [-0.39, 0.29) is 17.4 Å². The molecular weight excluding hydrogens is 324 g/mol. The Kier molecular flexibility index (Phi) is 4.48. The molecule has 0 aliphatic heterocycles. The van der Waals surface area contributed by atoms with E-state index in [0.29, 0.717) is 23.4 Å². The maximum absolute atomic E-state index is 12.1. The van der Waals surface area contributed by atoms with Crippen LogP contribution in [0.25, 0.3) is 11.3 Å². The van der Waals surface area contributed by atoms with Crippen molar-refractivity contribution in [2.24, 2.45) is 0 Å². The third-order valence-electron chi connectivity index (χ3n) is 3.50. The highest BCUT2D eigenvalue weighted by molar-refractivity contribution is 7.09. The lowest BCUT2D eigenvalue weighted by Gasteiger charge is -2.04. The number of benzene rings is 2. The molecule has 0 unspecified atom stereocenters. The van der Waals surface area contributed by atoms with Crippen molar-refractivity contribution in [1.82, 2.24) is 10.3 Å². The minimum atomic E-state index is -0.185. The van der Waals surface area contributed by atoms with Gasteiger partial charge in [0.15, 0.2) is 11.5 Å². The van der Waals surface area contributed by atoms with Gasteiger partial charge in [-0.1, -0.05) is 17.7 Å². The monoisotopic (exact) mass is 340 g/mol. The number of aromatic nitrogens is 1. The van der Waals surface area contributed by atoms with Crippen LogP contribution in [0.5, 0.6) is 11.5 Å². The Bertz CT molecular complexity index is 889. The normalized spacial score (nSPS) is 10.5. The Morgan fingerprint density at radius 1 is 1.17 bits per heavy atom. The van der Waals surface area contributed by atoms with Crippen LogP contribution in [-0.2, 0) is 6.54 Å². The zero-order valence-electron chi connectivity index (χ0n) is 13.0. The third kappa shape index (κ3) is 3.55. The molecule has 1 heterocycles. The van der Waals surface area contributed by atoms with E-state index in [1.165, 1.54) is 23.5 Å². The van der Waals surface area contributed by atoms with Crippen LogP contribution in [0.15, 0.2) is 47.8 Å². The van der Waals surface area contributed by atoms with Crippen molar-refractivity contribution >= 4 is 17.2 Å². The second-order valence-corrected chi connectivity index (χ2v) is 6.32. The third-order valence-corrected chi connectivity index (χ3v) is 4.35. The molecule has 5 nitrogen and oxygen atoms in total. The predicted octanol–water partition coefficient (Wildman–Crippen LogP) is 3.46. The summed E-state index contributed by atoms with van der Waals surface area (Å²) in [6.45, 7) is 2.28. The molecule has 122 valence electrons. The smallest absolute Gasteiger partial charge is 0.251 e. The first-order valence-corrected chi connectivity index (χ1v) is 8.22. The van der Waals surface area contributed by atoms with E-state index >= 15 is 0 Å². The Balaban J connectivity index is 1.68. The summed E-state index contributed by atoms with van der Waals surface area (Å²) >= 11 is 1.42. The van der Waals surface area contributed by atoms with Crippen molar-refractivity contribution in [2.45, 2.75) is 13.5 Å². The van der Waals surface area contributed by atoms with Gasteiger partial charge in [-0.05, 0) is 37.3 Å². The summed E-state index contributed by atoms with van der Waals surface area (Å²) in [6, 6.07) is 12.0. The topological polar surface area (TPSA) is 82.5 Å². The minimum Gasteiger partial charge on any atom is -0.504 e. The van der Waals surface area contributed by atoms with E-state index in [2.05, 4.69) is 10.3 Å². The number of carbonyl (C=O) groups excluding carboxylic acids is 1. The SMILES string of the molecule is Cc1cccc(C(=O)NCc2nc(-c3ccc(O)c(O)c3)cs2)c1. The number of hydrogen-bond donors (Lipinski definition) is 3. The zero-order valence-corrected chi connectivity index (χ0v) is 13.8. The first-order valence-electron chi connectivity index (χ1n) is 7.34. The molecule has 1 amide bonds.